The van der Waals surface area contributed by atoms with Crippen LogP contribution in [-0.2, 0) is 7.05 Å². The van der Waals surface area contributed by atoms with Crippen LogP contribution in [0.3, 0.4) is 0 Å². The number of anilines is 1. The largest absolute Gasteiger partial charge is 0.402 e. The molecule has 0 atom stereocenters. The summed E-state index contributed by atoms with van der Waals surface area (Å²) in [6, 6.07) is 0.628. The van der Waals surface area contributed by atoms with Crippen molar-refractivity contribution < 1.29 is 0 Å². The van der Waals surface area contributed by atoms with Crippen LogP contribution in [0.2, 0.25) is 0 Å². The molecule has 0 aliphatic heterocycles. The lowest BCUT2D eigenvalue weighted by molar-refractivity contribution is 0.743. The number of nitrogens with two attached hydrogens (primary N) is 1. The van der Waals surface area contributed by atoms with E-state index in [0.29, 0.717) is 6.04 Å². The molecule has 1 saturated carbocycles. The average molecular weight is 207 g/mol. The van der Waals surface area contributed by atoms with Crippen LogP contribution in [0.4, 0.5) is 5.95 Å². The lowest BCUT2D eigenvalue weighted by atomic mass is 10.4. The molecule has 1 aromatic rings. The molecule has 15 heavy (non-hydrogen) atoms. The van der Waals surface area contributed by atoms with Crippen molar-refractivity contribution in [2.45, 2.75) is 25.8 Å². The van der Waals surface area contributed by atoms with E-state index in [2.05, 4.69) is 15.0 Å². The molecule has 0 spiro atoms. The topological polar surface area (TPSA) is 60.0 Å². The van der Waals surface area contributed by atoms with Crippen LogP contribution >= 0.6 is 0 Å². The van der Waals surface area contributed by atoms with Gasteiger partial charge in [0.2, 0.25) is 5.95 Å². The Morgan fingerprint density at radius 2 is 2.27 bits per heavy atom. The van der Waals surface area contributed by atoms with Crippen molar-refractivity contribution in [3.05, 3.63) is 11.5 Å². The zero-order valence-electron chi connectivity index (χ0n) is 9.44. The van der Waals surface area contributed by atoms with E-state index in [1.165, 1.54) is 12.8 Å². The minimum Gasteiger partial charge on any atom is -0.402 e. The van der Waals surface area contributed by atoms with Gasteiger partial charge in [0.05, 0.1) is 0 Å². The van der Waals surface area contributed by atoms with E-state index in [-0.39, 0.29) is 0 Å². The van der Waals surface area contributed by atoms with Gasteiger partial charge in [0.25, 0.3) is 0 Å². The van der Waals surface area contributed by atoms with E-state index >= 15 is 0 Å². The normalized spacial score (nSPS) is 16.9. The number of allylic oxidation sites excluding steroid dienone is 1. The zero-order chi connectivity index (χ0) is 11.0. The highest BCUT2D eigenvalue weighted by molar-refractivity contribution is 5.46. The van der Waals surface area contributed by atoms with Crippen molar-refractivity contribution in [1.82, 2.24) is 14.8 Å². The van der Waals surface area contributed by atoms with Gasteiger partial charge < -0.3 is 10.6 Å². The number of aryl methyl sites for hydroxylation is 1. The van der Waals surface area contributed by atoms with Gasteiger partial charge >= 0.3 is 0 Å². The average Bonchev–Trinajstić information content (AvgIpc) is 2.92. The smallest absolute Gasteiger partial charge is 0.245 e. The summed E-state index contributed by atoms with van der Waals surface area (Å²) in [5.41, 5.74) is 6.36. The fourth-order valence-corrected chi connectivity index (χ4v) is 1.49. The van der Waals surface area contributed by atoms with E-state index in [9.17, 15) is 0 Å². The number of nitrogens with zero attached hydrogens (tertiary/aromatic N) is 4. The van der Waals surface area contributed by atoms with Crippen LogP contribution in [0.25, 0.3) is 6.08 Å². The fraction of sp³-hybridized carbons (Fsp3) is 0.600. The highest BCUT2D eigenvalue weighted by atomic mass is 15.4. The summed E-state index contributed by atoms with van der Waals surface area (Å²) in [5, 5.41) is 4.36. The van der Waals surface area contributed by atoms with E-state index in [4.69, 9.17) is 5.73 Å². The van der Waals surface area contributed by atoms with Gasteiger partial charge in [0.15, 0.2) is 5.82 Å². The van der Waals surface area contributed by atoms with E-state index in [1.807, 2.05) is 27.1 Å². The Morgan fingerprint density at radius 1 is 1.60 bits per heavy atom. The van der Waals surface area contributed by atoms with Gasteiger partial charge in [0, 0.05) is 31.9 Å². The van der Waals surface area contributed by atoms with Crippen molar-refractivity contribution in [1.29, 1.82) is 0 Å². The predicted molar refractivity (Wildman–Crippen MR) is 60.3 cm³/mol. The predicted octanol–water partition coefficient (Wildman–Crippen LogP) is 0.733. The summed E-state index contributed by atoms with van der Waals surface area (Å²) >= 11 is 0. The van der Waals surface area contributed by atoms with Gasteiger partial charge in [-0.2, -0.15) is 4.98 Å². The van der Waals surface area contributed by atoms with E-state index in [1.54, 1.807) is 4.68 Å². The van der Waals surface area contributed by atoms with Gasteiger partial charge in [-0.05, 0) is 19.8 Å². The summed E-state index contributed by atoms with van der Waals surface area (Å²) in [5.74, 6) is 1.59. The molecule has 0 radical (unpaired) electrons. The maximum atomic E-state index is 5.62. The quantitative estimate of drug-likeness (QED) is 0.794. The second kappa shape index (κ2) is 3.56. The van der Waals surface area contributed by atoms with Crippen LogP contribution < -0.4 is 10.6 Å². The van der Waals surface area contributed by atoms with Crippen molar-refractivity contribution in [3.8, 4) is 0 Å². The third-order valence-corrected chi connectivity index (χ3v) is 2.55. The fourth-order valence-electron chi connectivity index (χ4n) is 1.49. The van der Waals surface area contributed by atoms with Crippen LogP contribution in [0.1, 0.15) is 25.6 Å². The molecule has 0 aromatic carbocycles. The molecular formula is C10H17N5. The molecule has 2 rings (SSSR count). The van der Waals surface area contributed by atoms with Gasteiger partial charge in [-0.15, -0.1) is 5.10 Å². The summed E-state index contributed by atoms with van der Waals surface area (Å²) in [7, 11) is 3.92. The van der Waals surface area contributed by atoms with Crippen molar-refractivity contribution in [2.75, 3.05) is 11.9 Å². The molecule has 2 N–H and O–H groups in total. The lowest BCUT2D eigenvalue weighted by Crippen LogP contribution is -2.20. The second-order valence-electron chi connectivity index (χ2n) is 4.12. The summed E-state index contributed by atoms with van der Waals surface area (Å²) in [4.78, 5) is 6.56. The van der Waals surface area contributed by atoms with Crippen molar-refractivity contribution in [3.63, 3.8) is 0 Å². The Morgan fingerprint density at radius 3 is 2.80 bits per heavy atom. The molecule has 1 aromatic heterocycles. The first-order valence-electron chi connectivity index (χ1n) is 5.15. The Labute approximate surface area is 89.6 Å². The second-order valence-corrected chi connectivity index (χ2v) is 4.12. The Hall–Kier alpha value is -1.52. The molecule has 0 amide bonds. The SMILES string of the molecule is C/C(N)=C\c1nc(N(C)C2CC2)nn1C. The van der Waals surface area contributed by atoms with Crippen molar-refractivity contribution >= 4 is 12.0 Å². The Kier molecular flexibility index (Phi) is 2.38. The van der Waals surface area contributed by atoms with Crippen LogP contribution in [-0.4, -0.2) is 27.9 Å². The molecule has 82 valence electrons. The molecule has 1 aliphatic carbocycles. The molecular weight excluding hydrogens is 190 g/mol. The molecule has 0 unspecified atom stereocenters. The highest BCUT2D eigenvalue weighted by Crippen LogP contribution is 2.28. The molecule has 1 fully saturated rings. The molecule has 5 nitrogen and oxygen atoms in total. The minimum atomic E-state index is 0.628. The number of aromatic nitrogens is 3. The first-order chi connectivity index (χ1) is 7.08. The van der Waals surface area contributed by atoms with Gasteiger partial charge in [-0.3, -0.25) is 0 Å². The summed E-state index contributed by atoms with van der Waals surface area (Å²) in [6.45, 7) is 1.85. The minimum absolute atomic E-state index is 0.628. The van der Waals surface area contributed by atoms with Crippen LogP contribution in [0.15, 0.2) is 5.70 Å². The summed E-state index contributed by atoms with van der Waals surface area (Å²) in [6.07, 6.45) is 4.32. The lowest BCUT2D eigenvalue weighted by Gasteiger charge is -2.12. The van der Waals surface area contributed by atoms with Crippen molar-refractivity contribution in [2.24, 2.45) is 12.8 Å². The maximum absolute atomic E-state index is 5.62. The number of rotatable bonds is 3. The molecule has 0 bridgehead atoms. The van der Waals surface area contributed by atoms with Gasteiger partial charge in [-0.1, -0.05) is 0 Å². The molecule has 5 heteroatoms. The van der Waals surface area contributed by atoms with Crippen LogP contribution in [0.5, 0.6) is 0 Å². The maximum Gasteiger partial charge on any atom is 0.245 e. The third kappa shape index (κ3) is 2.11. The first-order valence-corrected chi connectivity index (χ1v) is 5.15. The summed E-state index contributed by atoms with van der Waals surface area (Å²) < 4.78 is 1.75. The number of hydrogen-bond acceptors (Lipinski definition) is 4. The number of hydrogen-bond donors (Lipinski definition) is 1. The highest BCUT2D eigenvalue weighted by Gasteiger charge is 2.28. The first kappa shape index (κ1) is 10.0. The molecule has 1 heterocycles. The van der Waals surface area contributed by atoms with E-state index in [0.717, 1.165) is 17.5 Å². The van der Waals surface area contributed by atoms with Gasteiger partial charge in [-0.25, -0.2) is 4.68 Å². The Balaban J connectivity index is 2.23. The zero-order valence-corrected chi connectivity index (χ0v) is 9.44. The van der Waals surface area contributed by atoms with E-state index < -0.39 is 0 Å². The standard InChI is InChI=1S/C10H17N5/c1-7(11)6-9-12-10(13-15(9)3)14(2)8-4-5-8/h6,8H,4-5,11H2,1-3H3/b7-6+. The molecule has 0 saturated heterocycles. The van der Waals surface area contributed by atoms with Gasteiger partial charge in [0.1, 0.15) is 0 Å². The monoisotopic (exact) mass is 207 g/mol. The Bertz CT molecular complexity index is 385. The molecule has 1 aliphatic rings. The third-order valence-electron chi connectivity index (χ3n) is 2.55. The van der Waals surface area contributed by atoms with Crippen LogP contribution in [0, 0.1) is 0 Å².